The van der Waals surface area contributed by atoms with Gasteiger partial charge in [-0.15, -0.1) is 6.58 Å². The van der Waals surface area contributed by atoms with Crippen molar-refractivity contribution < 1.29 is 0 Å². The first-order valence-corrected chi connectivity index (χ1v) is 6.26. The van der Waals surface area contributed by atoms with Gasteiger partial charge in [0.15, 0.2) is 0 Å². The van der Waals surface area contributed by atoms with Crippen molar-refractivity contribution in [3.8, 4) is 0 Å². The maximum atomic E-state index is 3.91. The summed E-state index contributed by atoms with van der Waals surface area (Å²) in [6.07, 6.45) is 3.90. The van der Waals surface area contributed by atoms with Crippen molar-refractivity contribution in [3.63, 3.8) is 0 Å². The SMILES string of the molecule is C=C(C)CCNCC(C)CN1CCCC1. The van der Waals surface area contributed by atoms with Crippen LogP contribution in [-0.2, 0) is 0 Å². The molecule has 15 heavy (non-hydrogen) atoms. The summed E-state index contributed by atoms with van der Waals surface area (Å²) in [4.78, 5) is 2.59. The van der Waals surface area contributed by atoms with Crippen molar-refractivity contribution in [1.29, 1.82) is 0 Å². The Balaban J connectivity index is 1.97. The number of likely N-dealkylation sites (tertiary alicyclic amines) is 1. The highest BCUT2D eigenvalue weighted by Gasteiger charge is 2.13. The highest BCUT2D eigenvalue weighted by Crippen LogP contribution is 2.09. The summed E-state index contributed by atoms with van der Waals surface area (Å²) < 4.78 is 0. The number of rotatable bonds is 7. The first-order valence-electron chi connectivity index (χ1n) is 6.26. The fraction of sp³-hybridized carbons (Fsp3) is 0.846. The van der Waals surface area contributed by atoms with E-state index in [9.17, 15) is 0 Å². The Labute approximate surface area is 94.7 Å². The topological polar surface area (TPSA) is 15.3 Å². The van der Waals surface area contributed by atoms with Gasteiger partial charge in [-0.1, -0.05) is 12.5 Å². The van der Waals surface area contributed by atoms with E-state index in [2.05, 4.69) is 30.6 Å². The maximum absolute atomic E-state index is 3.91. The third-order valence-corrected chi connectivity index (χ3v) is 2.99. The highest BCUT2D eigenvalue weighted by molar-refractivity contribution is 4.88. The van der Waals surface area contributed by atoms with Gasteiger partial charge in [-0.25, -0.2) is 0 Å². The van der Waals surface area contributed by atoms with Gasteiger partial charge < -0.3 is 10.2 Å². The van der Waals surface area contributed by atoms with Crippen molar-refractivity contribution in [2.24, 2.45) is 5.92 Å². The molecule has 0 spiro atoms. The zero-order valence-corrected chi connectivity index (χ0v) is 10.4. The normalized spacial score (nSPS) is 19.3. The minimum Gasteiger partial charge on any atom is -0.316 e. The third-order valence-electron chi connectivity index (χ3n) is 2.99. The minimum atomic E-state index is 0.772. The van der Waals surface area contributed by atoms with E-state index in [-0.39, 0.29) is 0 Å². The zero-order valence-electron chi connectivity index (χ0n) is 10.4. The molecule has 1 atom stereocenters. The molecule has 1 rings (SSSR count). The molecule has 1 fully saturated rings. The molecule has 0 aromatic carbocycles. The predicted molar refractivity (Wildman–Crippen MR) is 67.1 cm³/mol. The highest BCUT2D eigenvalue weighted by atomic mass is 15.1. The standard InChI is InChI=1S/C13H26N2/c1-12(2)6-7-14-10-13(3)11-15-8-4-5-9-15/h13-14H,1,4-11H2,2-3H3. The van der Waals surface area contributed by atoms with Crippen LogP contribution in [0.3, 0.4) is 0 Å². The molecule has 1 saturated heterocycles. The van der Waals surface area contributed by atoms with E-state index in [0.29, 0.717) is 0 Å². The Bertz CT molecular complexity index is 183. The van der Waals surface area contributed by atoms with E-state index in [1.54, 1.807) is 0 Å². The average Bonchev–Trinajstić information content (AvgIpc) is 2.64. The Hall–Kier alpha value is -0.340. The summed E-state index contributed by atoms with van der Waals surface area (Å²) in [6, 6.07) is 0. The monoisotopic (exact) mass is 210 g/mol. The van der Waals surface area contributed by atoms with Crippen LogP contribution in [0.15, 0.2) is 12.2 Å². The van der Waals surface area contributed by atoms with Gasteiger partial charge in [0.1, 0.15) is 0 Å². The lowest BCUT2D eigenvalue weighted by Gasteiger charge is -2.20. The molecule has 2 heteroatoms. The summed E-state index contributed by atoms with van der Waals surface area (Å²) in [5.41, 5.74) is 1.27. The zero-order chi connectivity index (χ0) is 11.1. The number of hydrogen-bond acceptors (Lipinski definition) is 2. The molecule has 1 aliphatic heterocycles. The molecule has 1 unspecified atom stereocenters. The average molecular weight is 210 g/mol. The third kappa shape index (κ3) is 5.95. The molecule has 0 radical (unpaired) electrons. The maximum Gasteiger partial charge on any atom is 0.00191 e. The molecule has 0 aliphatic carbocycles. The number of nitrogens with zero attached hydrogens (tertiary/aromatic N) is 1. The Kier molecular flexibility index (Phi) is 5.96. The van der Waals surface area contributed by atoms with Gasteiger partial charge in [-0.3, -0.25) is 0 Å². The summed E-state index contributed by atoms with van der Waals surface area (Å²) in [7, 11) is 0. The summed E-state index contributed by atoms with van der Waals surface area (Å²) >= 11 is 0. The van der Waals surface area contributed by atoms with E-state index in [0.717, 1.165) is 25.4 Å². The van der Waals surface area contributed by atoms with Crippen molar-refractivity contribution in [2.75, 3.05) is 32.7 Å². The Morgan fingerprint density at radius 1 is 1.40 bits per heavy atom. The Morgan fingerprint density at radius 2 is 2.07 bits per heavy atom. The van der Waals surface area contributed by atoms with Crippen molar-refractivity contribution in [3.05, 3.63) is 12.2 Å². The van der Waals surface area contributed by atoms with Crippen molar-refractivity contribution in [2.45, 2.75) is 33.1 Å². The van der Waals surface area contributed by atoms with Crippen LogP contribution < -0.4 is 5.32 Å². The van der Waals surface area contributed by atoms with Crippen LogP contribution in [-0.4, -0.2) is 37.6 Å². The molecule has 0 aromatic heterocycles. The van der Waals surface area contributed by atoms with Gasteiger partial charge in [-0.2, -0.15) is 0 Å². The fourth-order valence-electron chi connectivity index (χ4n) is 2.12. The number of nitrogens with one attached hydrogen (secondary N) is 1. The molecule has 0 amide bonds. The van der Waals surface area contributed by atoms with Crippen molar-refractivity contribution >= 4 is 0 Å². The summed E-state index contributed by atoms with van der Waals surface area (Å²) in [6.45, 7) is 14.5. The lowest BCUT2D eigenvalue weighted by atomic mass is 10.1. The van der Waals surface area contributed by atoms with Crippen LogP contribution in [0.1, 0.15) is 33.1 Å². The molecule has 0 aromatic rings. The van der Waals surface area contributed by atoms with E-state index in [1.165, 1.54) is 38.0 Å². The van der Waals surface area contributed by atoms with E-state index in [1.807, 2.05) is 0 Å². The molecular weight excluding hydrogens is 184 g/mol. The van der Waals surface area contributed by atoms with Gasteiger partial charge in [0.05, 0.1) is 0 Å². The van der Waals surface area contributed by atoms with Crippen molar-refractivity contribution in [1.82, 2.24) is 10.2 Å². The molecule has 1 N–H and O–H groups in total. The van der Waals surface area contributed by atoms with Crippen LogP contribution >= 0.6 is 0 Å². The lowest BCUT2D eigenvalue weighted by Crippen LogP contribution is -2.32. The van der Waals surface area contributed by atoms with Crippen LogP contribution in [0.2, 0.25) is 0 Å². The van der Waals surface area contributed by atoms with Gasteiger partial charge >= 0.3 is 0 Å². The van der Waals surface area contributed by atoms with E-state index < -0.39 is 0 Å². The first kappa shape index (κ1) is 12.7. The fourth-order valence-corrected chi connectivity index (χ4v) is 2.12. The van der Waals surface area contributed by atoms with Crippen LogP contribution in [0, 0.1) is 5.92 Å². The van der Waals surface area contributed by atoms with Gasteiger partial charge in [0.2, 0.25) is 0 Å². The van der Waals surface area contributed by atoms with Crippen LogP contribution in [0.5, 0.6) is 0 Å². The second-order valence-electron chi connectivity index (χ2n) is 5.02. The second kappa shape index (κ2) is 7.02. The minimum absolute atomic E-state index is 0.772. The van der Waals surface area contributed by atoms with Crippen LogP contribution in [0.4, 0.5) is 0 Å². The van der Waals surface area contributed by atoms with Crippen LogP contribution in [0.25, 0.3) is 0 Å². The molecule has 0 saturated carbocycles. The summed E-state index contributed by atoms with van der Waals surface area (Å²) in [5.74, 6) is 0.772. The first-order chi connectivity index (χ1) is 7.18. The molecular formula is C13H26N2. The molecule has 88 valence electrons. The summed E-state index contributed by atoms with van der Waals surface area (Å²) in [5, 5.41) is 3.50. The Morgan fingerprint density at radius 3 is 2.67 bits per heavy atom. The van der Waals surface area contributed by atoms with Gasteiger partial charge in [-0.05, 0) is 58.3 Å². The van der Waals surface area contributed by atoms with Gasteiger partial charge in [0, 0.05) is 6.54 Å². The van der Waals surface area contributed by atoms with E-state index >= 15 is 0 Å². The lowest BCUT2D eigenvalue weighted by molar-refractivity contribution is 0.283. The molecule has 0 bridgehead atoms. The molecule has 2 nitrogen and oxygen atoms in total. The number of hydrogen-bond donors (Lipinski definition) is 1. The predicted octanol–water partition coefficient (Wildman–Crippen LogP) is 2.27. The van der Waals surface area contributed by atoms with E-state index in [4.69, 9.17) is 0 Å². The quantitative estimate of drug-likeness (QED) is 0.512. The molecule has 1 aliphatic rings. The smallest absolute Gasteiger partial charge is 0.00191 e. The largest absolute Gasteiger partial charge is 0.316 e. The van der Waals surface area contributed by atoms with Gasteiger partial charge in [0.25, 0.3) is 0 Å². The molecule has 1 heterocycles. The second-order valence-corrected chi connectivity index (χ2v) is 5.02.